The molecule has 0 radical (unpaired) electrons. The molecule has 1 aromatic carbocycles. The summed E-state index contributed by atoms with van der Waals surface area (Å²) in [7, 11) is 0. The summed E-state index contributed by atoms with van der Waals surface area (Å²) in [6, 6.07) is 9.94. The Balaban J connectivity index is 0.000000249. The molecule has 40 heavy (non-hydrogen) atoms. The largest absolute Gasteiger partial charge is 0.481 e. The Morgan fingerprint density at radius 2 is 1.70 bits per heavy atom. The van der Waals surface area contributed by atoms with Crippen LogP contribution in [0.1, 0.15) is 85.1 Å². The molecule has 8 unspecified atom stereocenters. The first-order chi connectivity index (χ1) is 18.9. The summed E-state index contributed by atoms with van der Waals surface area (Å²) in [6.45, 7) is 14.2. The quantitative estimate of drug-likeness (QED) is 0.284. The van der Waals surface area contributed by atoms with E-state index in [-0.39, 0.29) is 22.7 Å². The highest BCUT2D eigenvalue weighted by molar-refractivity contribution is 5.80. The number of aliphatic carboxylic acids is 2. The molecule has 0 saturated heterocycles. The number of hydrogen-bond acceptors (Lipinski definition) is 5. The number of hydrogen-bond donors (Lipinski definition) is 3. The third-order valence-corrected chi connectivity index (χ3v) is 10.5. The summed E-state index contributed by atoms with van der Waals surface area (Å²) in [4.78, 5) is 35.7. The highest BCUT2D eigenvalue weighted by Gasteiger charge is 2.76. The zero-order valence-corrected chi connectivity index (χ0v) is 24.8. The maximum Gasteiger partial charge on any atom is 0.312 e. The Morgan fingerprint density at radius 3 is 2.27 bits per heavy atom. The summed E-state index contributed by atoms with van der Waals surface area (Å²) in [5.74, 6) is -2.77. The van der Waals surface area contributed by atoms with Gasteiger partial charge in [0, 0.05) is 6.42 Å². The van der Waals surface area contributed by atoms with Crippen molar-refractivity contribution < 1.29 is 34.4 Å². The van der Waals surface area contributed by atoms with Crippen molar-refractivity contribution in [3.8, 4) is 0 Å². The van der Waals surface area contributed by atoms with Gasteiger partial charge in [-0.3, -0.25) is 14.4 Å². The molecule has 5 rings (SSSR count). The predicted molar refractivity (Wildman–Crippen MR) is 153 cm³/mol. The normalized spacial score (nSPS) is 37.0. The highest BCUT2D eigenvalue weighted by Crippen LogP contribution is 2.77. The van der Waals surface area contributed by atoms with Gasteiger partial charge in [-0.1, -0.05) is 63.3 Å². The third-order valence-electron chi connectivity index (χ3n) is 10.5. The van der Waals surface area contributed by atoms with Crippen molar-refractivity contribution >= 4 is 17.9 Å². The van der Waals surface area contributed by atoms with Crippen molar-refractivity contribution in [1.82, 2.24) is 0 Å². The van der Waals surface area contributed by atoms with Crippen LogP contribution in [0.4, 0.5) is 0 Å². The van der Waals surface area contributed by atoms with E-state index in [1.807, 2.05) is 51.1 Å². The lowest BCUT2D eigenvalue weighted by Crippen LogP contribution is -2.57. The fraction of sp³-hybridized carbons (Fsp3) is 0.667. The maximum atomic E-state index is 12.5. The first kappa shape index (κ1) is 31.9. The second-order valence-corrected chi connectivity index (χ2v) is 12.3. The average Bonchev–Trinajstić information content (AvgIpc) is 3.32. The molecule has 4 aliphatic carbocycles. The predicted octanol–water partition coefficient (Wildman–Crippen LogP) is 6.14. The van der Waals surface area contributed by atoms with Gasteiger partial charge in [0.15, 0.2) is 0 Å². The van der Waals surface area contributed by atoms with Crippen LogP contribution in [-0.2, 0) is 25.5 Å². The van der Waals surface area contributed by atoms with Gasteiger partial charge in [0.2, 0.25) is 0 Å². The average molecular weight is 557 g/mol. The Hall–Kier alpha value is -2.67. The van der Waals surface area contributed by atoms with Crippen LogP contribution in [0.3, 0.4) is 0 Å². The van der Waals surface area contributed by atoms with Crippen molar-refractivity contribution in [3.05, 3.63) is 48.0 Å². The number of carbonyl (C=O) groups excluding carboxylic acids is 1. The molecule has 4 aliphatic rings. The number of rotatable bonds is 6. The molecule has 7 nitrogen and oxygen atoms in total. The molecule has 7 heteroatoms. The van der Waals surface area contributed by atoms with E-state index in [4.69, 9.17) is 4.74 Å². The number of aliphatic hydroxyl groups is 1. The van der Waals surface area contributed by atoms with Gasteiger partial charge < -0.3 is 20.1 Å². The van der Waals surface area contributed by atoms with Gasteiger partial charge in [-0.2, -0.15) is 0 Å². The number of carbonyl (C=O) groups is 3. The smallest absolute Gasteiger partial charge is 0.312 e. The Bertz CT molecular complexity index is 1080. The Labute approximate surface area is 239 Å². The van der Waals surface area contributed by atoms with Gasteiger partial charge in [0.25, 0.3) is 0 Å². The van der Waals surface area contributed by atoms with E-state index < -0.39 is 35.3 Å². The van der Waals surface area contributed by atoms with Gasteiger partial charge in [-0.05, 0) is 92.9 Å². The molecule has 2 bridgehead atoms. The third kappa shape index (κ3) is 5.34. The van der Waals surface area contributed by atoms with Crippen molar-refractivity contribution in [2.45, 2.75) is 92.1 Å². The number of aliphatic hydroxyl groups excluding tert-OH is 1. The minimum atomic E-state index is -1.42. The minimum absolute atomic E-state index is 0.119. The van der Waals surface area contributed by atoms with E-state index >= 15 is 0 Å². The molecular formula is C33H48O7. The molecular weight excluding hydrogens is 508 g/mol. The first-order valence-electron chi connectivity index (χ1n) is 14.9. The summed E-state index contributed by atoms with van der Waals surface area (Å²) in [5, 5.41) is 30.8. The zero-order chi connectivity index (χ0) is 29.9. The van der Waals surface area contributed by atoms with Crippen LogP contribution in [0.5, 0.6) is 0 Å². The van der Waals surface area contributed by atoms with Crippen LogP contribution in [0.15, 0.2) is 42.5 Å². The SMILES string of the molecule is C=C1CC23CC1CCC2C1(C)CCC(O)C(C)(C(=O)O)C1C3C(=O)O.CC.CCOC(=O)CCc1ccccc1. The number of benzene rings is 1. The van der Waals surface area contributed by atoms with Gasteiger partial charge >= 0.3 is 17.9 Å². The zero-order valence-electron chi connectivity index (χ0n) is 24.8. The number of allylic oxidation sites excluding steroid dienone is 1. The fourth-order valence-corrected chi connectivity index (χ4v) is 8.94. The van der Waals surface area contributed by atoms with Crippen LogP contribution < -0.4 is 0 Å². The topological polar surface area (TPSA) is 121 Å². The number of fused-ring (bicyclic) bond motifs is 3. The molecule has 0 aliphatic heterocycles. The molecule has 4 fully saturated rings. The Morgan fingerprint density at radius 1 is 1.05 bits per heavy atom. The van der Waals surface area contributed by atoms with Crippen LogP contribution in [-0.4, -0.2) is 45.9 Å². The van der Waals surface area contributed by atoms with Crippen molar-refractivity contribution in [2.75, 3.05) is 6.61 Å². The van der Waals surface area contributed by atoms with E-state index in [2.05, 4.69) is 13.5 Å². The maximum absolute atomic E-state index is 12.5. The second kappa shape index (κ2) is 12.5. The van der Waals surface area contributed by atoms with E-state index in [0.29, 0.717) is 38.2 Å². The van der Waals surface area contributed by atoms with Gasteiger partial charge in [-0.15, -0.1) is 0 Å². The molecule has 0 aromatic heterocycles. The minimum Gasteiger partial charge on any atom is -0.481 e. The molecule has 1 aromatic rings. The lowest BCUT2D eigenvalue weighted by atomic mass is 9.52. The van der Waals surface area contributed by atoms with Crippen LogP contribution in [0.2, 0.25) is 0 Å². The van der Waals surface area contributed by atoms with E-state index in [9.17, 15) is 29.7 Å². The van der Waals surface area contributed by atoms with Crippen LogP contribution in [0, 0.1) is 39.9 Å². The second-order valence-electron chi connectivity index (χ2n) is 12.3. The number of aryl methyl sites for hydroxylation is 1. The monoisotopic (exact) mass is 556 g/mol. The standard InChI is InChI=1S/C20H28O5.C11H14O2.C2H6/c1-10-8-20-9-11(10)4-5-12(20)18(2)7-6-13(21)19(3,17(24)25)15(18)14(20)16(22)23;1-2-13-11(12)9-8-10-6-4-3-5-7-10;1-2/h11-15,21H,1,4-9H2,2-3H3,(H,22,23)(H,24,25);3-7H,2,8-9H2,1H3;1-2H3. The van der Waals surface area contributed by atoms with Gasteiger partial charge in [0.05, 0.1) is 24.0 Å². The molecule has 8 atom stereocenters. The Kier molecular flexibility index (Phi) is 9.92. The summed E-state index contributed by atoms with van der Waals surface area (Å²) >= 11 is 0. The number of ether oxygens (including phenoxy) is 1. The number of carboxylic acid groups (broad SMARTS) is 2. The first-order valence-corrected chi connectivity index (χ1v) is 14.9. The summed E-state index contributed by atoms with van der Waals surface area (Å²) in [5.41, 5.74) is 0.169. The lowest BCUT2D eigenvalue weighted by Gasteiger charge is -2.52. The molecule has 1 spiro atoms. The van der Waals surface area contributed by atoms with Crippen molar-refractivity contribution in [1.29, 1.82) is 0 Å². The highest BCUT2D eigenvalue weighted by atomic mass is 16.5. The van der Waals surface area contributed by atoms with E-state index in [0.717, 1.165) is 31.3 Å². The lowest BCUT2D eigenvalue weighted by molar-refractivity contribution is -0.181. The van der Waals surface area contributed by atoms with Crippen molar-refractivity contribution in [2.24, 2.45) is 39.9 Å². The van der Waals surface area contributed by atoms with Crippen LogP contribution >= 0.6 is 0 Å². The fourth-order valence-electron chi connectivity index (χ4n) is 8.94. The van der Waals surface area contributed by atoms with Crippen molar-refractivity contribution in [3.63, 3.8) is 0 Å². The molecule has 4 saturated carbocycles. The van der Waals surface area contributed by atoms with E-state index in [1.165, 1.54) is 5.56 Å². The van der Waals surface area contributed by atoms with Gasteiger partial charge in [-0.25, -0.2) is 0 Å². The molecule has 222 valence electrons. The molecule has 0 heterocycles. The number of carboxylic acids is 2. The van der Waals surface area contributed by atoms with Gasteiger partial charge in [0.1, 0.15) is 0 Å². The number of esters is 1. The molecule has 3 N–H and O–H groups in total. The van der Waals surface area contributed by atoms with E-state index in [1.54, 1.807) is 6.92 Å². The molecule has 0 amide bonds. The summed E-state index contributed by atoms with van der Waals surface area (Å²) < 4.78 is 4.82. The van der Waals surface area contributed by atoms with Crippen LogP contribution in [0.25, 0.3) is 0 Å². The summed E-state index contributed by atoms with van der Waals surface area (Å²) in [6.07, 6.45) is 4.88.